The van der Waals surface area contributed by atoms with Gasteiger partial charge < -0.3 is 15.7 Å². The molecule has 0 unspecified atom stereocenters. The smallest absolute Gasteiger partial charge is 0.397 e. The van der Waals surface area contributed by atoms with Crippen LogP contribution in [0.5, 0.6) is 5.75 Å². The lowest BCUT2D eigenvalue weighted by Gasteiger charge is -2.13. The molecule has 0 fully saturated rings. The Morgan fingerprint density at radius 1 is 0.825 bits per heavy atom. The van der Waals surface area contributed by atoms with Crippen molar-refractivity contribution in [2.24, 2.45) is 0 Å². The van der Waals surface area contributed by atoms with Crippen molar-refractivity contribution in [3.63, 3.8) is 0 Å². The quantitative estimate of drug-likeness (QED) is 0.158. The second kappa shape index (κ2) is 11.1. The Kier molecular flexibility index (Phi) is 8.13. The van der Waals surface area contributed by atoms with Crippen molar-refractivity contribution < 1.29 is 43.6 Å². The molecule has 0 aliphatic rings. The highest BCUT2D eigenvalue weighted by atomic mass is 35.5. The molecule has 1 aromatic heterocycles. The van der Waals surface area contributed by atoms with E-state index >= 15 is 0 Å². The van der Waals surface area contributed by atoms with Gasteiger partial charge in [-0.2, -0.15) is 31.8 Å². The number of phenols is 1. The van der Waals surface area contributed by atoms with Gasteiger partial charge in [0.25, 0.3) is 10.1 Å². The fourth-order valence-corrected chi connectivity index (χ4v) is 5.71. The molecule has 19 heteroatoms. The number of nitrogens with one attached hydrogen (secondary N) is 2. The number of aromatic hydroxyl groups is 1. The summed E-state index contributed by atoms with van der Waals surface area (Å²) in [4.78, 5) is 11.3. The van der Waals surface area contributed by atoms with Crippen molar-refractivity contribution in [1.82, 2.24) is 15.0 Å². The van der Waals surface area contributed by atoms with Gasteiger partial charge in [0.05, 0.1) is 27.8 Å². The summed E-state index contributed by atoms with van der Waals surface area (Å²) in [5.74, 6) is -1.32. The first-order chi connectivity index (χ1) is 18.6. The zero-order valence-electron chi connectivity index (χ0n) is 19.8. The normalized spacial score (nSPS) is 12.4. The Morgan fingerprint density at radius 3 is 2.17 bits per heavy atom. The van der Waals surface area contributed by atoms with Gasteiger partial charge in [-0.1, -0.05) is 18.2 Å². The van der Waals surface area contributed by atoms with Crippen LogP contribution in [-0.2, 0) is 34.5 Å². The minimum Gasteiger partial charge on any atom is -0.507 e. The summed E-state index contributed by atoms with van der Waals surface area (Å²) in [6.45, 7) is -0.806. The summed E-state index contributed by atoms with van der Waals surface area (Å²) in [6.07, 6.45) is 0. The molecule has 40 heavy (non-hydrogen) atoms. The molecule has 4 aromatic rings. The molecular weight excluding hydrogens is 614 g/mol. The highest BCUT2D eigenvalue weighted by molar-refractivity contribution is 7.91. The van der Waals surface area contributed by atoms with Crippen LogP contribution in [0.4, 0.5) is 23.3 Å². The Balaban J connectivity index is 1.64. The Hall–Kier alpha value is -3.65. The molecule has 0 radical (unpaired) electrons. The maximum absolute atomic E-state index is 12.5. The first kappa shape index (κ1) is 29.3. The van der Waals surface area contributed by atoms with Crippen LogP contribution in [0.3, 0.4) is 0 Å². The van der Waals surface area contributed by atoms with Crippen LogP contribution < -0.4 is 10.6 Å². The number of fused-ring (bicyclic) bond motifs is 1. The summed E-state index contributed by atoms with van der Waals surface area (Å²) in [5, 5.41) is 16.0. The number of nitrogens with zero attached hydrogens (tertiary/aromatic N) is 3. The van der Waals surface area contributed by atoms with Crippen LogP contribution in [0.15, 0.2) is 64.4 Å². The van der Waals surface area contributed by atoms with Gasteiger partial charge in [0.1, 0.15) is 5.75 Å². The average Bonchev–Trinajstić information content (AvgIpc) is 2.82. The molecule has 4 rings (SSSR count). The van der Waals surface area contributed by atoms with Crippen molar-refractivity contribution in [3.8, 4) is 5.75 Å². The number of aromatic nitrogens is 3. The molecule has 3 aromatic carbocycles. The van der Waals surface area contributed by atoms with Gasteiger partial charge in [0, 0.05) is 11.1 Å². The zero-order chi connectivity index (χ0) is 29.3. The monoisotopic (exact) mass is 631 g/mol. The molecule has 212 valence electrons. The predicted octanol–water partition coefficient (Wildman–Crippen LogP) is 2.71. The van der Waals surface area contributed by atoms with E-state index in [1.165, 1.54) is 48.5 Å². The number of hydrogen-bond acceptors (Lipinski definition) is 13. The minimum atomic E-state index is -4.81. The second-order valence-electron chi connectivity index (χ2n) is 7.92. The van der Waals surface area contributed by atoms with Crippen LogP contribution in [0.25, 0.3) is 10.8 Å². The molecule has 0 aliphatic heterocycles. The highest BCUT2D eigenvalue weighted by Gasteiger charge is 2.19. The van der Waals surface area contributed by atoms with Crippen LogP contribution in [-0.4, -0.2) is 66.8 Å². The fraction of sp³-hybridized carbons (Fsp3) is 0.0952. The van der Waals surface area contributed by atoms with Gasteiger partial charge in [0.2, 0.25) is 17.2 Å². The lowest BCUT2D eigenvalue weighted by Crippen LogP contribution is -2.15. The molecule has 0 amide bonds. The third kappa shape index (κ3) is 7.30. The Labute approximate surface area is 232 Å². The standard InChI is InChI=1S/C21H18ClN5O10S3/c22-19-25-20(23-13-4-2-5-14(10-13)38(29,30)8-7-37-40(34,35)36)27-21(26-19)24-16-11-15(39(31,32)33)9-12-3-1-6-17(28)18(12)16/h1-6,9-11,28H,7-8H2,(H,31,32,33)(H,34,35,36)(H2,23,24,25,26,27). The first-order valence-electron chi connectivity index (χ1n) is 10.7. The van der Waals surface area contributed by atoms with Crippen molar-refractivity contribution in [2.75, 3.05) is 23.0 Å². The maximum atomic E-state index is 12.5. The van der Waals surface area contributed by atoms with E-state index in [1.54, 1.807) is 0 Å². The summed E-state index contributed by atoms with van der Waals surface area (Å²) in [7, 11) is -13.4. The molecule has 0 aliphatic carbocycles. The van der Waals surface area contributed by atoms with Crippen molar-refractivity contribution in [2.45, 2.75) is 9.79 Å². The van der Waals surface area contributed by atoms with E-state index in [-0.39, 0.29) is 50.0 Å². The van der Waals surface area contributed by atoms with E-state index < -0.39 is 47.6 Å². The number of halogens is 1. The first-order valence-corrected chi connectivity index (χ1v) is 15.6. The summed E-state index contributed by atoms with van der Waals surface area (Å²) < 4.78 is 92.2. The van der Waals surface area contributed by atoms with Crippen molar-refractivity contribution in [1.29, 1.82) is 0 Å². The van der Waals surface area contributed by atoms with Crippen molar-refractivity contribution in [3.05, 3.63) is 59.9 Å². The van der Waals surface area contributed by atoms with E-state index in [0.29, 0.717) is 0 Å². The van der Waals surface area contributed by atoms with Gasteiger partial charge in [-0.3, -0.25) is 9.11 Å². The molecule has 0 saturated heterocycles. The van der Waals surface area contributed by atoms with E-state index in [9.17, 15) is 34.9 Å². The molecule has 0 spiro atoms. The van der Waals surface area contributed by atoms with Gasteiger partial charge in [-0.15, -0.1) is 0 Å². The molecule has 0 saturated carbocycles. The Bertz CT molecular complexity index is 1940. The summed E-state index contributed by atoms with van der Waals surface area (Å²) in [6, 6.07) is 11.9. The van der Waals surface area contributed by atoms with Crippen LogP contribution in [0.1, 0.15) is 0 Å². The SMILES string of the molecule is O=S(=O)(O)OCCS(=O)(=O)c1cccc(Nc2nc(Cl)nc(Nc3cc(S(=O)(=O)O)cc4cccc(O)c34)n2)c1. The largest absolute Gasteiger partial charge is 0.507 e. The Morgan fingerprint density at radius 2 is 1.50 bits per heavy atom. The third-order valence-corrected chi connectivity index (χ3v) is 8.26. The topological polar surface area (TPSA) is 235 Å². The fourth-order valence-electron chi connectivity index (χ4n) is 3.47. The van der Waals surface area contributed by atoms with Crippen molar-refractivity contribution >= 4 is 76.0 Å². The minimum absolute atomic E-state index is 0.0108. The van der Waals surface area contributed by atoms with Crippen LogP contribution in [0.2, 0.25) is 5.28 Å². The maximum Gasteiger partial charge on any atom is 0.397 e. The van der Waals surface area contributed by atoms with Gasteiger partial charge in [-0.05, 0) is 53.4 Å². The number of phenolic OH excluding ortho intramolecular Hbond substituents is 1. The number of benzene rings is 3. The van der Waals surface area contributed by atoms with E-state index in [0.717, 1.165) is 6.07 Å². The van der Waals surface area contributed by atoms with E-state index in [2.05, 4.69) is 29.8 Å². The van der Waals surface area contributed by atoms with Gasteiger partial charge in [0.15, 0.2) is 9.84 Å². The average molecular weight is 632 g/mol. The summed E-state index contributed by atoms with van der Waals surface area (Å²) >= 11 is 6.03. The molecule has 0 bridgehead atoms. The number of sulfone groups is 1. The molecule has 5 N–H and O–H groups in total. The van der Waals surface area contributed by atoms with Crippen LogP contribution >= 0.6 is 11.6 Å². The number of hydrogen-bond donors (Lipinski definition) is 5. The number of anilines is 4. The van der Waals surface area contributed by atoms with E-state index in [1.807, 2.05) is 0 Å². The highest BCUT2D eigenvalue weighted by Crippen LogP contribution is 2.35. The van der Waals surface area contributed by atoms with Crippen LogP contribution in [0, 0.1) is 0 Å². The van der Waals surface area contributed by atoms with Gasteiger partial charge in [-0.25, -0.2) is 12.6 Å². The van der Waals surface area contributed by atoms with Gasteiger partial charge >= 0.3 is 10.4 Å². The second-order valence-corrected chi connectivity index (χ2v) is 12.9. The summed E-state index contributed by atoms with van der Waals surface area (Å²) in [5.41, 5.74) is 0.193. The number of rotatable bonds is 10. The molecular formula is C21H18ClN5O10S3. The lowest BCUT2D eigenvalue weighted by atomic mass is 10.1. The zero-order valence-corrected chi connectivity index (χ0v) is 23.0. The lowest BCUT2D eigenvalue weighted by molar-refractivity contribution is 0.284. The predicted molar refractivity (Wildman–Crippen MR) is 143 cm³/mol. The molecule has 1 heterocycles. The van der Waals surface area contributed by atoms with E-state index in [4.69, 9.17) is 16.2 Å². The molecule has 15 nitrogen and oxygen atoms in total. The molecule has 0 atom stereocenters. The third-order valence-electron chi connectivity index (χ3n) is 5.11.